The summed E-state index contributed by atoms with van der Waals surface area (Å²) in [6, 6.07) is 7.18. The van der Waals surface area contributed by atoms with E-state index in [0.717, 1.165) is 5.56 Å². The lowest BCUT2D eigenvalue weighted by atomic mass is 10.2. The van der Waals surface area contributed by atoms with Gasteiger partial charge in [0.2, 0.25) is 0 Å². The Labute approximate surface area is 112 Å². The quantitative estimate of drug-likeness (QED) is 0.907. The van der Waals surface area contributed by atoms with Crippen LogP contribution in [0.4, 0.5) is 10.5 Å². The van der Waals surface area contributed by atoms with E-state index >= 15 is 0 Å². The van der Waals surface area contributed by atoms with Gasteiger partial charge in [0.1, 0.15) is 0 Å². The van der Waals surface area contributed by atoms with Gasteiger partial charge in [-0.05, 0) is 31.5 Å². The van der Waals surface area contributed by atoms with Crippen molar-refractivity contribution in [3.8, 4) is 6.07 Å². The SMILES string of the molecule is CCN(CCC#N)C(=O)Nc1ccc(C)c(Cl)c1. The lowest BCUT2D eigenvalue weighted by Crippen LogP contribution is -2.35. The number of aryl methyl sites for hydroxylation is 1. The van der Waals surface area contributed by atoms with Crippen LogP contribution in [-0.4, -0.2) is 24.0 Å². The first-order valence-electron chi connectivity index (χ1n) is 5.77. The Morgan fingerprint density at radius 1 is 1.56 bits per heavy atom. The monoisotopic (exact) mass is 265 g/mol. The highest BCUT2D eigenvalue weighted by Gasteiger charge is 2.11. The van der Waals surface area contributed by atoms with Gasteiger partial charge in [-0.15, -0.1) is 0 Å². The number of hydrogen-bond acceptors (Lipinski definition) is 2. The third-order valence-electron chi connectivity index (χ3n) is 2.59. The molecular weight excluding hydrogens is 250 g/mol. The predicted octanol–water partition coefficient (Wildman–Crippen LogP) is 3.42. The molecular formula is C13H16ClN3O. The number of anilines is 1. The van der Waals surface area contributed by atoms with Crippen LogP contribution in [0, 0.1) is 18.3 Å². The normalized spacial score (nSPS) is 9.67. The van der Waals surface area contributed by atoms with Crippen LogP contribution in [0.1, 0.15) is 18.9 Å². The van der Waals surface area contributed by atoms with Crippen molar-refractivity contribution in [1.82, 2.24) is 4.90 Å². The number of urea groups is 1. The molecule has 1 N–H and O–H groups in total. The predicted molar refractivity (Wildman–Crippen MR) is 72.7 cm³/mol. The van der Waals surface area contributed by atoms with E-state index in [1.807, 2.05) is 26.0 Å². The molecule has 0 aliphatic rings. The van der Waals surface area contributed by atoms with E-state index in [0.29, 0.717) is 30.2 Å². The van der Waals surface area contributed by atoms with Crippen LogP contribution in [0.25, 0.3) is 0 Å². The Hall–Kier alpha value is -1.73. The summed E-state index contributed by atoms with van der Waals surface area (Å²) in [7, 11) is 0. The molecule has 0 aliphatic carbocycles. The number of nitrogens with zero attached hydrogens (tertiary/aromatic N) is 2. The number of nitriles is 1. The third kappa shape index (κ3) is 3.94. The summed E-state index contributed by atoms with van der Waals surface area (Å²) in [4.78, 5) is 13.5. The van der Waals surface area contributed by atoms with Gasteiger partial charge in [0.05, 0.1) is 12.5 Å². The molecule has 0 atom stereocenters. The van der Waals surface area contributed by atoms with Crippen molar-refractivity contribution in [3.63, 3.8) is 0 Å². The number of hydrogen-bond donors (Lipinski definition) is 1. The van der Waals surface area contributed by atoms with Crippen LogP contribution < -0.4 is 5.32 Å². The summed E-state index contributed by atoms with van der Waals surface area (Å²) in [6.45, 7) is 4.77. The molecule has 1 aromatic rings. The molecule has 96 valence electrons. The van der Waals surface area contributed by atoms with E-state index in [1.54, 1.807) is 17.0 Å². The van der Waals surface area contributed by atoms with E-state index < -0.39 is 0 Å². The number of carbonyl (C=O) groups is 1. The molecule has 0 saturated carbocycles. The molecule has 0 fully saturated rings. The van der Waals surface area contributed by atoms with Gasteiger partial charge in [0, 0.05) is 23.8 Å². The first kappa shape index (κ1) is 14.3. The van der Waals surface area contributed by atoms with Crippen molar-refractivity contribution >= 4 is 23.3 Å². The molecule has 0 aromatic heterocycles. The van der Waals surface area contributed by atoms with Gasteiger partial charge in [-0.1, -0.05) is 17.7 Å². The molecule has 0 unspecified atom stereocenters. The van der Waals surface area contributed by atoms with Crippen molar-refractivity contribution in [2.45, 2.75) is 20.3 Å². The molecule has 0 radical (unpaired) electrons. The van der Waals surface area contributed by atoms with Crippen molar-refractivity contribution in [3.05, 3.63) is 28.8 Å². The lowest BCUT2D eigenvalue weighted by molar-refractivity contribution is 0.215. The molecule has 18 heavy (non-hydrogen) atoms. The second-order valence-corrected chi connectivity index (χ2v) is 4.29. The van der Waals surface area contributed by atoms with Gasteiger partial charge < -0.3 is 10.2 Å². The van der Waals surface area contributed by atoms with Crippen LogP contribution in [-0.2, 0) is 0 Å². The Morgan fingerprint density at radius 3 is 2.83 bits per heavy atom. The summed E-state index contributed by atoms with van der Waals surface area (Å²) in [6.07, 6.45) is 0.329. The Morgan fingerprint density at radius 2 is 2.28 bits per heavy atom. The molecule has 1 aromatic carbocycles. The second kappa shape index (κ2) is 6.87. The minimum Gasteiger partial charge on any atom is -0.324 e. The van der Waals surface area contributed by atoms with Gasteiger partial charge in [-0.25, -0.2) is 4.79 Å². The van der Waals surface area contributed by atoms with E-state index in [2.05, 4.69) is 5.32 Å². The topological polar surface area (TPSA) is 56.1 Å². The molecule has 1 rings (SSSR count). The minimum atomic E-state index is -0.215. The fourth-order valence-corrected chi connectivity index (χ4v) is 1.64. The van der Waals surface area contributed by atoms with Crippen LogP contribution in [0.15, 0.2) is 18.2 Å². The van der Waals surface area contributed by atoms with E-state index in [-0.39, 0.29) is 6.03 Å². The van der Waals surface area contributed by atoms with Crippen LogP contribution in [0.5, 0.6) is 0 Å². The summed E-state index contributed by atoms with van der Waals surface area (Å²) >= 11 is 5.99. The minimum absolute atomic E-state index is 0.215. The number of nitrogens with one attached hydrogen (secondary N) is 1. The second-order valence-electron chi connectivity index (χ2n) is 3.88. The van der Waals surface area contributed by atoms with E-state index in [9.17, 15) is 4.79 Å². The Balaban J connectivity index is 2.68. The first-order chi connectivity index (χ1) is 8.58. The zero-order valence-electron chi connectivity index (χ0n) is 10.5. The Bertz CT molecular complexity index is 468. The molecule has 5 heteroatoms. The first-order valence-corrected chi connectivity index (χ1v) is 6.15. The molecule has 0 spiro atoms. The fraction of sp³-hybridized carbons (Fsp3) is 0.385. The average molecular weight is 266 g/mol. The number of rotatable bonds is 4. The van der Waals surface area contributed by atoms with E-state index in [1.165, 1.54) is 0 Å². The van der Waals surface area contributed by atoms with E-state index in [4.69, 9.17) is 16.9 Å². The number of halogens is 1. The molecule has 0 bridgehead atoms. The van der Waals surface area contributed by atoms with Crippen molar-refractivity contribution in [2.75, 3.05) is 18.4 Å². The highest BCUT2D eigenvalue weighted by molar-refractivity contribution is 6.31. The molecule has 2 amide bonds. The molecule has 0 aliphatic heterocycles. The molecule has 0 heterocycles. The smallest absolute Gasteiger partial charge is 0.321 e. The highest BCUT2D eigenvalue weighted by Crippen LogP contribution is 2.20. The average Bonchev–Trinajstić information content (AvgIpc) is 2.35. The van der Waals surface area contributed by atoms with Gasteiger partial charge in [0.25, 0.3) is 0 Å². The summed E-state index contributed by atoms with van der Waals surface area (Å²) in [5.74, 6) is 0. The van der Waals surface area contributed by atoms with Gasteiger partial charge in [0.15, 0.2) is 0 Å². The third-order valence-corrected chi connectivity index (χ3v) is 2.99. The number of benzene rings is 1. The van der Waals surface area contributed by atoms with Crippen molar-refractivity contribution in [1.29, 1.82) is 5.26 Å². The molecule has 4 nitrogen and oxygen atoms in total. The summed E-state index contributed by atoms with van der Waals surface area (Å²) in [5.41, 5.74) is 1.62. The Kier molecular flexibility index (Phi) is 5.47. The van der Waals surface area contributed by atoms with Crippen LogP contribution >= 0.6 is 11.6 Å². The zero-order valence-corrected chi connectivity index (χ0v) is 11.3. The van der Waals surface area contributed by atoms with Crippen molar-refractivity contribution in [2.24, 2.45) is 0 Å². The van der Waals surface area contributed by atoms with Gasteiger partial charge in [-0.3, -0.25) is 0 Å². The maximum absolute atomic E-state index is 11.9. The number of carbonyl (C=O) groups excluding carboxylic acids is 1. The zero-order chi connectivity index (χ0) is 13.5. The lowest BCUT2D eigenvalue weighted by Gasteiger charge is -2.20. The van der Waals surface area contributed by atoms with Crippen LogP contribution in [0.3, 0.4) is 0 Å². The molecule has 0 saturated heterocycles. The maximum atomic E-state index is 11.9. The fourth-order valence-electron chi connectivity index (χ4n) is 1.46. The summed E-state index contributed by atoms with van der Waals surface area (Å²) < 4.78 is 0. The van der Waals surface area contributed by atoms with Crippen molar-refractivity contribution < 1.29 is 4.79 Å². The standard InChI is InChI=1S/C13H16ClN3O/c1-3-17(8-4-7-15)13(18)16-11-6-5-10(2)12(14)9-11/h5-6,9H,3-4,8H2,1-2H3,(H,16,18). The highest BCUT2D eigenvalue weighted by atomic mass is 35.5. The number of amides is 2. The van der Waals surface area contributed by atoms with Crippen LogP contribution in [0.2, 0.25) is 5.02 Å². The van der Waals surface area contributed by atoms with Gasteiger partial charge >= 0.3 is 6.03 Å². The summed E-state index contributed by atoms with van der Waals surface area (Å²) in [5, 5.41) is 11.9. The largest absolute Gasteiger partial charge is 0.324 e. The van der Waals surface area contributed by atoms with Gasteiger partial charge in [-0.2, -0.15) is 5.26 Å². The maximum Gasteiger partial charge on any atom is 0.321 e.